The number of rotatable bonds is 12. The summed E-state index contributed by atoms with van der Waals surface area (Å²) in [5.41, 5.74) is 3.90. The van der Waals surface area contributed by atoms with Crippen molar-refractivity contribution in [2.24, 2.45) is 0 Å². The Balaban J connectivity index is 0.000000166. The van der Waals surface area contributed by atoms with Gasteiger partial charge < -0.3 is 9.80 Å². The van der Waals surface area contributed by atoms with Crippen molar-refractivity contribution in [3.8, 4) is 0 Å². The maximum Gasteiger partial charge on any atom is 0.263 e. The molecule has 4 saturated heterocycles. The maximum absolute atomic E-state index is 13.2. The van der Waals surface area contributed by atoms with Gasteiger partial charge in [0.25, 0.3) is 20.0 Å². The number of carbonyl (C=O) groups excluding carboxylic acids is 2. The zero-order chi connectivity index (χ0) is 46.0. The molecular formula is C46H46Cl2N8O6S4. The van der Waals surface area contributed by atoms with E-state index in [1.807, 2.05) is 30.3 Å². The molecule has 344 valence electrons. The Kier molecular flexibility index (Phi) is 13.8. The van der Waals surface area contributed by atoms with Gasteiger partial charge in [-0.25, -0.2) is 26.8 Å². The van der Waals surface area contributed by atoms with Crippen LogP contribution in [0.3, 0.4) is 0 Å². The van der Waals surface area contributed by atoms with Gasteiger partial charge in [-0.1, -0.05) is 47.5 Å². The largest absolute Gasteiger partial charge is 0.311 e. The van der Waals surface area contributed by atoms with Gasteiger partial charge in [0, 0.05) is 70.8 Å². The van der Waals surface area contributed by atoms with E-state index in [1.165, 1.54) is 58.1 Å². The number of thiazole rings is 2. The Morgan fingerprint density at radius 3 is 1.45 bits per heavy atom. The molecule has 4 aliphatic rings. The minimum absolute atomic E-state index is 0.0678. The molecule has 14 nitrogen and oxygen atoms in total. The van der Waals surface area contributed by atoms with Gasteiger partial charge in [-0.05, 0) is 135 Å². The predicted molar refractivity (Wildman–Crippen MR) is 261 cm³/mol. The lowest BCUT2D eigenvalue weighted by Crippen LogP contribution is -2.40. The predicted octanol–water partition coefficient (Wildman–Crippen LogP) is 8.38. The number of halogens is 2. The summed E-state index contributed by atoms with van der Waals surface area (Å²) < 4.78 is 55.1. The molecule has 4 aromatic carbocycles. The van der Waals surface area contributed by atoms with E-state index in [2.05, 4.69) is 47.4 Å². The molecule has 0 spiro atoms. The average Bonchev–Trinajstić information content (AvgIpc) is 4.18. The molecule has 0 saturated carbocycles. The highest BCUT2D eigenvalue weighted by molar-refractivity contribution is 7.93. The van der Waals surface area contributed by atoms with E-state index in [0.29, 0.717) is 46.6 Å². The van der Waals surface area contributed by atoms with E-state index >= 15 is 0 Å². The van der Waals surface area contributed by atoms with Crippen LogP contribution in [0.2, 0.25) is 10.0 Å². The van der Waals surface area contributed by atoms with E-state index in [9.17, 15) is 26.4 Å². The zero-order valence-corrected chi connectivity index (χ0v) is 40.2. The summed E-state index contributed by atoms with van der Waals surface area (Å²) in [7, 11) is -7.44. The highest BCUT2D eigenvalue weighted by Crippen LogP contribution is 2.36. The Labute approximate surface area is 402 Å². The van der Waals surface area contributed by atoms with Crippen molar-refractivity contribution in [3.63, 3.8) is 0 Å². The number of hydrogen-bond acceptors (Lipinski definition) is 12. The molecule has 2 aromatic heterocycles. The van der Waals surface area contributed by atoms with Gasteiger partial charge in [-0.3, -0.25) is 28.8 Å². The van der Waals surface area contributed by atoms with E-state index in [-0.39, 0.29) is 33.7 Å². The summed E-state index contributed by atoms with van der Waals surface area (Å²) in [4.78, 5) is 42.6. The summed E-state index contributed by atoms with van der Waals surface area (Å²) >= 11 is 14.6. The van der Waals surface area contributed by atoms with Crippen molar-refractivity contribution in [2.75, 3.05) is 58.5 Å². The number of likely N-dealkylation sites (tertiary alicyclic amines) is 2. The van der Waals surface area contributed by atoms with Crippen molar-refractivity contribution in [1.29, 1.82) is 0 Å². The topological polar surface area (TPSA) is 165 Å². The lowest BCUT2D eigenvalue weighted by Gasteiger charge is -2.23. The van der Waals surface area contributed by atoms with E-state index in [1.54, 1.807) is 57.2 Å². The van der Waals surface area contributed by atoms with Crippen LogP contribution < -0.4 is 19.2 Å². The number of sulfonamides is 2. The maximum atomic E-state index is 13.2. The summed E-state index contributed by atoms with van der Waals surface area (Å²) in [5.74, 6) is 0.917. The molecular weight excluding hydrogens is 960 g/mol. The standard InChI is InChI=1S/2C23H23ClN4O3S2/c24-18-3-1-16(2-4-18)17-9-12-27(15-17)21-10-13-28(22(21)29)19-5-7-20(8-6-19)33(30,31)26-23-25-11-14-32-23;24-18-3-1-2-16(14-18)17-8-11-27(15-17)21-9-12-28(22(21)29)19-4-6-20(7-5-19)33(30,31)26-23-25-10-13-32-23/h1-8,11,14,17,21H,9-10,12-13,15H2,(H,25,26);1-7,10,13-14,17,21H,8-9,11-12,15H2,(H,25,26)/t2*17?,21-/m00/s1. The first-order chi connectivity index (χ1) is 31.8. The molecule has 2 N–H and O–H groups in total. The van der Waals surface area contributed by atoms with Crippen molar-refractivity contribution in [2.45, 2.75) is 59.4 Å². The molecule has 0 bridgehead atoms. The Bertz CT molecular complexity index is 2880. The number of nitrogens with one attached hydrogen (secondary N) is 2. The summed E-state index contributed by atoms with van der Waals surface area (Å²) in [6, 6.07) is 28.5. The van der Waals surface area contributed by atoms with E-state index in [0.717, 1.165) is 61.9 Å². The van der Waals surface area contributed by atoms with Gasteiger partial charge >= 0.3 is 0 Å². The molecule has 2 unspecified atom stereocenters. The Hall–Kier alpha value is -4.92. The fraction of sp³-hybridized carbons (Fsp3) is 0.304. The molecule has 4 fully saturated rings. The number of aromatic nitrogens is 2. The molecule has 2 amide bonds. The third-order valence-corrected chi connectivity index (χ3v) is 17.4. The molecule has 20 heteroatoms. The van der Waals surface area contributed by atoms with Gasteiger partial charge in [0.15, 0.2) is 10.3 Å². The van der Waals surface area contributed by atoms with Crippen LogP contribution >= 0.6 is 45.9 Å². The molecule has 10 rings (SSSR count). The number of benzene rings is 4. The normalized spacial score (nSPS) is 21.6. The second kappa shape index (κ2) is 19.7. The van der Waals surface area contributed by atoms with Crippen LogP contribution in [0.5, 0.6) is 0 Å². The lowest BCUT2D eigenvalue weighted by atomic mass is 9.99. The fourth-order valence-electron chi connectivity index (χ4n) is 9.21. The molecule has 66 heavy (non-hydrogen) atoms. The smallest absolute Gasteiger partial charge is 0.263 e. The Morgan fingerprint density at radius 1 is 0.545 bits per heavy atom. The molecule has 4 atom stereocenters. The van der Waals surface area contributed by atoms with Crippen LogP contribution in [0.1, 0.15) is 48.6 Å². The van der Waals surface area contributed by atoms with E-state index in [4.69, 9.17) is 23.2 Å². The SMILES string of the molecule is O=C1[C@@H](N2CCC(c3ccc(Cl)cc3)C2)CCN1c1ccc(S(=O)(=O)Nc2nccs2)cc1.O=C1[C@@H](N2CCC(c3cccc(Cl)c3)C2)CCN1c1ccc(S(=O)(=O)Nc2nccs2)cc1. The second-order valence-corrected chi connectivity index (χ2v) is 22.6. The Morgan fingerprint density at radius 2 is 1.02 bits per heavy atom. The highest BCUT2D eigenvalue weighted by Gasteiger charge is 2.41. The molecule has 0 radical (unpaired) electrons. The van der Waals surface area contributed by atoms with Crippen molar-refractivity contribution in [3.05, 3.63) is 141 Å². The third-order valence-electron chi connectivity index (χ3n) is 12.6. The first-order valence-electron chi connectivity index (χ1n) is 21.5. The van der Waals surface area contributed by atoms with Crippen molar-refractivity contribution < 1.29 is 26.4 Å². The quantitative estimate of drug-likeness (QED) is 0.122. The summed E-state index contributed by atoms with van der Waals surface area (Å²) in [6.45, 7) is 4.69. The zero-order valence-electron chi connectivity index (χ0n) is 35.4. The first-order valence-corrected chi connectivity index (χ1v) is 27.0. The van der Waals surface area contributed by atoms with Crippen molar-refractivity contribution in [1.82, 2.24) is 19.8 Å². The van der Waals surface area contributed by atoms with Crippen LogP contribution in [0.4, 0.5) is 21.6 Å². The highest BCUT2D eigenvalue weighted by atomic mass is 35.5. The number of hydrogen-bond donors (Lipinski definition) is 2. The number of anilines is 4. The molecule has 6 aromatic rings. The summed E-state index contributed by atoms with van der Waals surface area (Å²) in [6.07, 6.45) is 6.62. The van der Waals surface area contributed by atoms with Crippen LogP contribution in [0.15, 0.2) is 130 Å². The second-order valence-electron chi connectivity index (χ2n) is 16.5. The van der Waals surface area contributed by atoms with Gasteiger partial charge in [0.1, 0.15) is 0 Å². The number of nitrogens with zero attached hydrogens (tertiary/aromatic N) is 6. The average molecular weight is 1010 g/mol. The number of amides is 2. The summed E-state index contributed by atoms with van der Waals surface area (Å²) in [5, 5.41) is 5.51. The van der Waals surface area contributed by atoms with Crippen LogP contribution in [0, 0.1) is 0 Å². The van der Waals surface area contributed by atoms with E-state index < -0.39 is 20.0 Å². The minimum atomic E-state index is -3.72. The van der Waals surface area contributed by atoms with Gasteiger partial charge in [-0.2, -0.15) is 0 Å². The third kappa shape index (κ3) is 10.3. The monoisotopic (exact) mass is 1000 g/mol. The number of carbonyl (C=O) groups is 2. The first kappa shape index (κ1) is 46.2. The molecule has 4 aliphatic heterocycles. The lowest BCUT2D eigenvalue weighted by molar-refractivity contribution is -0.122. The fourth-order valence-corrected chi connectivity index (χ4v) is 13.1. The van der Waals surface area contributed by atoms with Crippen molar-refractivity contribution >= 4 is 99.4 Å². The van der Waals surface area contributed by atoms with Gasteiger partial charge in [-0.15, -0.1) is 22.7 Å². The van der Waals surface area contributed by atoms with Crippen LogP contribution in [-0.4, -0.2) is 99.8 Å². The molecule has 0 aliphatic carbocycles. The minimum Gasteiger partial charge on any atom is -0.311 e. The van der Waals surface area contributed by atoms with Gasteiger partial charge in [0.2, 0.25) is 11.8 Å². The van der Waals surface area contributed by atoms with Crippen LogP contribution in [0.25, 0.3) is 0 Å². The molecule has 6 heterocycles. The van der Waals surface area contributed by atoms with Gasteiger partial charge in [0.05, 0.1) is 21.9 Å². The van der Waals surface area contributed by atoms with Crippen LogP contribution in [-0.2, 0) is 29.6 Å².